The molecule has 0 radical (unpaired) electrons. The Hall–Kier alpha value is -0.570. The van der Waals surface area contributed by atoms with E-state index in [1.807, 2.05) is 0 Å². The summed E-state index contributed by atoms with van der Waals surface area (Å²) in [5, 5.41) is 17.2. The summed E-state index contributed by atoms with van der Waals surface area (Å²) in [5.41, 5.74) is -1.51. The predicted molar refractivity (Wildman–Crippen MR) is 26.4 cm³/mol. The van der Waals surface area contributed by atoms with Crippen LogP contribution >= 0.6 is 0 Å². The second-order valence-corrected chi connectivity index (χ2v) is 2.00. The molecule has 1 saturated carbocycles. The number of hydrogen-bond donors (Lipinski definition) is 2. The lowest BCUT2D eigenvalue weighted by Gasteiger charge is -2.00. The molecular weight excluding hydrogens is 108 g/mol. The monoisotopic (exact) mass is 118 g/mol. The fraction of sp³-hybridized carbons (Fsp3) is 0.800. The Labute approximate surface area is 49.8 Å². The Morgan fingerprint density at radius 3 is 2.38 bits per heavy atom. The molecule has 1 aliphatic rings. The Balaban J connectivity index is 2.80. The SMILES string of the molecule is [2H]C([2H])(O)C1(C(=O)O)CC1. The van der Waals surface area contributed by atoms with Gasteiger partial charge in [0.1, 0.15) is 0 Å². The van der Waals surface area contributed by atoms with Crippen LogP contribution in [0.15, 0.2) is 0 Å². The smallest absolute Gasteiger partial charge is 0.311 e. The lowest BCUT2D eigenvalue weighted by atomic mass is 10.1. The topological polar surface area (TPSA) is 57.5 Å². The summed E-state index contributed by atoms with van der Waals surface area (Å²) in [6, 6.07) is 0. The van der Waals surface area contributed by atoms with E-state index in [0.717, 1.165) is 0 Å². The van der Waals surface area contributed by atoms with Crippen molar-refractivity contribution in [1.29, 1.82) is 0 Å². The van der Waals surface area contributed by atoms with E-state index < -0.39 is 17.9 Å². The first-order valence-electron chi connectivity index (χ1n) is 3.36. The molecule has 1 rings (SSSR count). The normalized spacial score (nSPS) is 28.1. The van der Waals surface area contributed by atoms with Crippen LogP contribution in [0.5, 0.6) is 0 Å². The van der Waals surface area contributed by atoms with Gasteiger partial charge in [-0.25, -0.2) is 0 Å². The number of aliphatic hydroxyl groups is 1. The van der Waals surface area contributed by atoms with Crippen LogP contribution in [-0.2, 0) is 4.79 Å². The molecule has 0 aromatic carbocycles. The van der Waals surface area contributed by atoms with Gasteiger partial charge < -0.3 is 10.2 Å². The van der Waals surface area contributed by atoms with Crippen LogP contribution < -0.4 is 0 Å². The fourth-order valence-electron chi connectivity index (χ4n) is 0.498. The molecule has 2 N–H and O–H groups in total. The summed E-state index contributed by atoms with van der Waals surface area (Å²) in [7, 11) is 0. The molecule has 3 nitrogen and oxygen atoms in total. The van der Waals surface area contributed by atoms with Gasteiger partial charge in [-0.15, -0.1) is 0 Å². The maximum Gasteiger partial charge on any atom is 0.311 e. The number of hydrogen-bond acceptors (Lipinski definition) is 2. The molecule has 0 aromatic rings. The van der Waals surface area contributed by atoms with Crippen LogP contribution in [-0.4, -0.2) is 22.7 Å². The van der Waals surface area contributed by atoms with Crippen LogP contribution in [0.25, 0.3) is 0 Å². The zero-order valence-electron chi connectivity index (χ0n) is 6.22. The molecule has 0 aromatic heterocycles. The van der Waals surface area contributed by atoms with E-state index in [-0.39, 0.29) is 12.8 Å². The second-order valence-electron chi connectivity index (χ2n) is 2.00. The van der Waals surface area contributed by atoms with Gasteiger partial charge in [0.15, 0.2) is 0 Å². The minimum Gasteiger partial charge on any atom is -0.481 e. The van der Waals surface area contributed by atoms with Crippen LogP contribution in [0.2, 0.25) is 0 Å². The minimum absolute atomic E-state index is 0.228. The first-order valence-corrected chi connectivity index (χ1v) is 2.36. The van der Waals surface area contributed by atoms with Crippen molar-refractivity contribution in [3.63, 3.8) is 0 Å². The predicted octanol–water partition coefficient (Wildman–Crippen LogP) is -0.156. The molecule has 46 valence electrons. The highest BCUT2D eigenvalue weighted by atomic mass is 16.4. The van der Waals surface area contributed by atoms with Crippen LogP contribution in [0.1, 0.15) is 15.6 Å². The molecule has 0 atom stereocenters. The first-order chi connectivity index (χ1) is 4.40. The highest BCUT2D eigenvalue weighted by Gasteiger charge is 2.49. The number of aliphatic carboxylic acids is 1. The number of carboxylic acids is 1. The van der Waals surface area contributed by atoms with E-state index in [4.69, 9.17) is 13.0 Å². The quantitative estimate of drug-likeness (QED) is 0.530. The van der Waals surface area contributed by atoms with Crippen molar-refractivity contribution >= 4 is 5.97 Å². The standard InChI is InChI=1S/C5H8O3/c6-3-5(1-2-5)4(7)8/h6H,1-3H2,(H,7,8)/i3D2. The van der Waals surface area contributed by atoms with Gasteiger partial charge in [0.25, 0.3) is 0 Å². The van der Waals surface area contributed by atoms with Gasteiger partial charge >= 0.3 is 5.97 Å². The maximum absolute atomic E-state index is 10.3. The van der Waals surface area contributed by atoms with Crippen LogP contribution in [0, 0.1) is 5.41 Å². The van der Waals surface area contributed by atoms with Gasteiger partial charge in [-0.1, -0.05) is 0 Å². The van der Waals surface area contributed by atoms with Crippen LogP contribution in [0.4, 0.5) is 0 Å². The summed E-state index contributed by atoms with van der Waals surface area (Å²) < 4.78 is 13.5. The lowest BCUT2D eigenvalue weighted by Crippen LogP contribution is -2.18. The van der Waals surface area contributed by atoms with E-state index in [0.29, 0.717) is 0 Å². The first kappa shape index (κ1) is 3.45. The van der Waals surface area contributed by atoms with Crippen molar-refractivity contribution < 1.29 is 17.7 Å². The van der Waals surface area contributed by atoms with Crippen molar-refractivity contribution in [2.75, 3.05) is 6.56 Å². The molecular formula is C5H8O3. The zero-order chi connectivity index (χ0) is 7.99. The number of carbonyl (C=O) groups is 1. The van der Waals surface area contributed by atoms with E-state index in [9.17, 15) is 4.79 Å². The van der Waals surface area contributed by atoms with E-state index >= 15 is 0 Å². The van der Waals surface area contributed by atoms with E-state index in [1.165, 1.54) is 0 Å². The van der Waals surface area contributed by atoms with Crippen molar-refractivity contribution in [1.82, 2.24) is 0 Å². The summed E-state index contributed by atoms with van der Waals surface area (Å²) in [6.45, 7) is -2.57. The van der Waals surface area contributed by atoms with Gasteiger partial charge in [-0.2, -0.15) is 0 Å². The maximum atomic E-state index is 10.3. The molecule has 1 fully saturated rings. The highest BCUT2D eigenvalue weighted by Crippen LogP contribution is 2.44. The minimum atomic E-state index is -2.57. The molecule has 0 spiro atoms. The molecule has 0 aliphatic heterocycles. The van der Waals surface area contributed by atoms with Crippen LogP contribution in [0.3, 0.4) is 0 Å². The summed E-state index contributed by atoms with van der Waals surface area (Å²) >= 11 is 0. The largest absolute Gasteiger partial charge is 0.481 e. The molecule has 0 saturated heterocycles. The number of rotatable bonds is 2. The van der Waals surface area contributed by atoms with Gasteiger partial charge in [0, 0.05) is 0 Å². The van der Waals surface area contributed by atoms with Crippen molar-refractivity contribution in [3.05, 3.63) is 0 Å². The third-order valence-electron chi connectivity index (χ3n) is 1.37. The van der Waals surface area contributed by atoms with Crippen molar-refractivity contribution in [3.8, 4) is 0 Å². The van der Waals surface area contributed by atoms with Gasteiger partial charge in [0.2, 0.25) is 0 Å². The molecule has 8 heavy (non-hydrogen) atoms. The lowest BCUT2D eigenvalue weighted by molar-refractivity contribution is -0.144. The van der Waals surface area contributed by atoms with Gasteiger partial charge in [0.05, 0.1) is 14.7 Å². The van der Waals surface area contributed by atoms with Gasteiger partial charge in [-0.05, 0) is 12.8 Å². The third kappa shape index (κ3) is 0.591. The molecule has 0 unspecified atom stereocenters. The van der Waals surface area contributed by atoms with Crippen molar-refractivity contribution in [2.24, 2.45) is 5.41 Å². The molecule has 0 heterocycles. The van der Waals surface area contributed by atoms with E-state index in [2.05, 4.69) is 0 Å². The summed E-state index contributed by atoms with van der Waals surface area (Å²) in [4.78, 5) is 10.3. The third-order valence-corrected chi connectivity index (χ3v) is 1.37. The Bertz CT molecular complexity index is 168. The molecule has 1 aliphatic carbocycles. The fourth-order valence-corrected chi connectivity index (χ4v) is 0.498. The summed E-state index contributed by atoms with van der Waals surface area (Å²) in [6.07, 6.45) is 0.456. The molecule has 0 bridgehead atoms. The average Bonchev–Trinajstić information content (AvgIpc) is 2.36. The Morgan fingerprint density at radius 1 is 1.88 bits per heavy atom. The Morgan fingerprint density at radius 2 is 2.38 bits per heavy atom. The second kappa shape index (κ2) is 1.45. The molecule has 0 amide bonds. The Kier molecular flexibility index (Phi) is 0.627. The van der Waals surface area contributed by atoms with Gasteiger partial charge in [-0.3, -0.25) is 4.79 Å². The average molecular weight is 118 g/mol. The number of carboxylic acid groups (broad SMARTS) is 1. The van der Waals surface area contributed by atoms with E-state index in [1.54, 1.807) is 0 Å². The molecule has 3 heteroatoms. The van der Waals surface area contributed by atoms with Crippen molar-refractivity contribution in [2.45, 2.75) is 12.8 Å². The summed E-state index contributed by atoms with van der Waals surface area (Å²) in [5.74, 6) is -1.25. The zero-order valence-corrected chi connectivity index (χ0v) is 4.22. The highest BCUT2D eigenvalue weighted by molar-refractivity contribution is 5.77.